The smallest absolute Gasteiger partial charge is 0.186 e. The van der Waals surface area contributed by atoms with Gasteiger partial charge in [0.05, 0.1) is 0 Å². The van der Waals surface area contributed by atoms with Gasteiger partial charge in [0, 0.05) is 23.7 Å². The van der Waals surface area contributed by atoms with Gasteiger partial charge in [-0.05, 0) is 6.07 Å². The molecular weight excluding hydrogens is 214 g/mol. The first-order chi connectivity index (χ1) is 7.34. The molecule has 2 aliphatic rings. The van der Waals surface area contributed by atoms with Crippen LogP contribution in [-0.2, 0) is 9.47 Å². The van der Waals surface area contributed by atoms with E-state index in [9.17, 15) is 0 Å². The molecule has 80 valence electrons. The minimum Gasteiger partial charge on any atom is -0.341 e. The van der Waals surface area contributed by atoms with Crippen molar-refractivity contribution >= 4 is 11.6 Å². The second-order valence-corrected chi connectivity index (χ2v) is 4.27. The van der Waals surface area contributed by atoms with E-state index < -0.39 is 0 Å². The molecule has 1 aromatic carbocycles. The number of fused-ring (bicyclic) bond motifs is 1. The maximum absolute atomic E-state index is 6.09. The van der Waals surface area contributed by atoms with E-state index in [-0.39, 0.29) is 18.5 Å². The predicted octanol–water partition coefficient (Wildman–Crippen LogP) is 1.73. The molecule has 2 heterocycles. The van der Waals surface area contributed by atoms with E-state index in [4.69, 9.17) is 21.1 Å². The summed E-state index contributed by atoms with van der Waals surface area (Å²) in [4.78, 5) is 0. The van der Waals surface area contributed by atoms with Crippen LogP contribution in [0.2, 0.25) is 5.02 Å². The number of rotatable bonds is 1. The topological polar surface area (TPSA) is 30.5 Å². The largest absolute Gasteiger partial charge is 0.341 e. The Balaban J connectivity index is 1.82. The van der Waals surface area contributed by atoms with Crippen LogP contribution in [0.1, 0.15) is 11.9 Å². The highest BCUT2D eigenvalue weighted by atomic mass is 35.5. The molecule has 0 radical (unpaired) electrons. The van der Waals surface area contributed by atoms with Crippen molar-refractivity contribution in [3.8, 4) is 0 Å². The molecule has 2 fully saturated rings. The first-order valence-corrected chi connectivity index (χ1v) is 5.48. The van der Waals surface area contributed by atoms with Crippen LogP contribution in [0.25, 0.3) is 0 Å². The van der Waals surface area contributed by atoms with Crippen LogP contribution in [0.4, 0.5) is 0 Å². The van der Waals surface area contributed by atoms with Gasteiger partial charge in [0.1, 0.15) is 12.2 Å². The normalized spacial score (nSPS) is 34.3. The summed E-state index contributed by atoms with van der Waals surface area (Å²) in [6.07, 6.45) is 0.0494. The van der Waals surface area contributed by atoms with E-state index in [1.165, 1.54) is 0 Å². The number of hydrogen-bond donors (Lipinski definition) is 1. The second kappa shape index (κ2) is 3.76. The second-order valence-electron chi connectivity index (χ2n) is 3.86. The van der Waals surface area contributed by atoms with Crippen LogP contribution >= 0.6 is 11.6 Å². The molecule has 3 rings (SSSR count). The third-order valence-electron chi connectivity index (χ3n) is 2.86. The summed E-state index contributed by atoms with van der Waals surface area (Å²) in [6, 6.07) is 7.65. The van der Waals surface area contributed by atoms with Crippen molar-refractivity contribution < 1.29 is 9.47 Å². The molecule has 2 saturated heterocycles. The lowest BCUT2D eigenvalue weighted by Crippen LogP contribution is -2.18. The van der Waals surface area contributed by atoms with Gasteiger partial charge in [0.2, 0.25) is 0 Å². The van der Waals surface area contributed by atoms with Crippen LogP contribution < -0.4 is 5.32 Å². The first kappa shape index (κ1) is 9.60. The maximum Gasteiger partial charge on any atom is 0.186 e. The van der Waals surface area contributed by atoms with Crippen molar-refractivity contribution in [1.29, 1.82) is 0 Å². The molecule has 2 unspecified atom stereocenters. The Bertz CT molecular complexity index is 359. The average Bonchev–Trinajstić information content (AvgIpc) is 2.77. The van der Waals surface area contributed by atoms with Crippen LogP contribution in [-0.4, -0.2) is 25.3 Å². The Morgan fingerprint density at radius 2 is 1.80 bits per heavy atom. The van der Waals surface area contributed by atoms with Gasteiger partial charge in [-0.15, -0.1) is 0 Å². The molecule has 2 aliphatic heterocycles. The molecule has 15 heavy (non-hydrogen) atoms. The van der Waals surface area contributed by atoms with Gasteiger partial charge in [-0.2, -0.15) is 0 Å². The number of hydrogen-bond acceptors (Lipinski definition) is 3. The van der Waals surface area contributed by atoms with E-state index in [0.717, 1.165) is 18.7 Å². The van der Waals surface area contributed by atoms with Crippen molar-refractivity contribution in [1.82, 2.24) is 5.32 Å². The third kappa shape index (κ3) is 1.66. The Labute approximate surface area is 93.3 Å². The Morgan fingerprint density at radius 1 is 1.13 bits per heavy atom. The van der Waals surface area contributed by atoms with Crippen molar-refractivity contribution in [2.45, 2.75) is 18.5 Å². The zero-order valence-electron chi connectivity index (χ0n) is 8.15. The van der Waals surface area contributed by atoms with E-state index in [1.54, 1.807) is 0 Å². The monoisotopic (exact) mass is 225 g/mol. The fourth-order valence-corrected chi connectivity index (χ4v) is 2.29. The molecule has 0 saturated carbocycles. The van der Waals surface area contributed by atoms with Crippen LogP contribution in [0, 0.1) is 0 Å². The van der Waals surface area contributed by atoms with Gasteiger partial charge in [-0.3, -0.25) is 0 Å². The van der Waals surface area contributed by atoms with E-state index in [2.05, 4.69) is 5.32 Å². The van der Waals surface area contributed by atoms with E-state index in [1.807, 2.05) is 24.3 Å². The van der Waals surface area contributed by atoms with Gasteiger partial charge >= 0.3 is 0 Å². The molecule has 0 amide bonds. The summed E-state index contributed by atoms with van der Waals surface area (Å²) in [6.45, 7) is 1.73. The van der Waals surface area contributed by atoms with Crippen molar-refractivity contribution in [3.05, 3.63) is 34.9 Å². The molecule has 0 spiro atoms. The van der Waals surface area contributed by atoms with Gasteiger partial charge < -0.3 is 14.8 Å². The highest BCUT2D eigenvalue weighted by Crippen LogP contribution is 2.35. The Morgan fingerprint density at radius 3 is 2.47 bits per heavy atom. The molecule has 0 aliphatic carbocycles. The summed E-state index contributed by atoms with van der Waals surface area (Å²) in [5.41, 5.74) is 0.925. The average molecular weight is 226 g/mol. The standard InChI is InChI=1S/C11H12ClNO2/c12-8-4-2-1-3-7(8)11-14-9-5-13-6-10(9)15-11/h1-4,9-11,13H,5-6H2. The van der Waals surface area contributed by atoms with Crippen LogP contribution in [0.15, 0.2) is 24.3 Å². The maximum atomic E-state index is 6.09. The molecule has 3 nitrogen and oxygen atoms in total. The molecular formula is C11H12ClNO2. The molecule has 0 aromatic heterocycles. The molecule has 1 N–H and O–H groups in total. The number of ether oxygens (including phenoxy) is 2. The Kier molecular flexibility index (Phi) is 2.41. The number of nitrogens with one attached hydrogen (secondary N) is 1. The fourth-order valence-electron chi connectivity index (χ4n) is 2.06. The minimum absolute atomic E-state index is 0.172. The zero-order valence-corrected chi connectivity index (χ0v) is 8.91. The van der Waals surface area contributed by atoms with E-state index in [0.29, 0.717) is 5.02 Å². The molecule has 0 bridgehead atoms. The summed E-state index contributed by atoms with van der Waals surface area (Å²) in [5.74, 6) is 0. The first-order valence-electron chi connectivity index (χ1n) is 5.10. The highest BCUT2D eigenvalue weighted by Gasteiger charge is 2.40. The summed E-state index contributed by atoms with van der Waals surface area (Å²) >= 11 is 6.09. The van der Waals surface area contributed by atoms with Crippen molar-refractivity contribution in [2.24, 2.45) is 0 Å². The predicted molar refractivity (Wildman–Crippen MR) is 56.8 cm³/mol. The zero-order chi connectivity index (χ0) is 10.3. The van der Waals surface area contributed by atoms with Crippen LogP contribution in [0.5, 0.6) is 0 Å². The lowest BCUT2D eigenvalue weighted by molar-refractivity contribution is -0.0728. The minimum atomic E-state index is -0.296. The highest BCUT2D eigenvalue weighted by molar-refractivity contribution is 6.31. The summed E-state index contributed by atoms with van der Waals surface area (Å²) in [7, 11) is 0. The van der Waals surface area contributed by atoms with Gasteiger partial charge in [-0.1, -0.05) is 29.8 Å². The molecule has 1 aromatic rings. The van der Waals surface area contributed by atoms with Gasteiger partial charge in [0.25, 0.3) is 0 Å². The van der Waals surface area contributed by atoms with E-state index >= 15 is 0 Å². The fraction of sp³-hybridized carbons (Fsp3) is 0.455. The van der Waals surface area contributed by atoms with Gasteiger partial charge in [-0.25, -0.2) is 0 Å². The van der Waals surface area contributed by atoms with Crippen LogP contribution in [0.3, 0.4) is 0 Å². The number of benzene rings is 1. The Hall–Kier alpha value is -0.610. The van der Waals surface area contributed by atoms with Crippen molar-refractivity contribution in [3.63, 3.8) is 0 Å². The lowest BCUT2D eigenvalue weighted by Gasteiger charge is -2.13. The third-order valence-corrected chi connectivity index (χ3v) is 3.21. The van der Waals surface area contributed by atoms with Crippen molar-refractivity contribution in [2.75, 3.05) is 13.1 Å². The number of halogens is 1. The van der Waals surface area contributed by atoms with Gasteiger partial charge in [0.15, 0.2) is 6.29 Å². The molecule has 2 atom stereocenters. The lowest BCUT2D eigenvalue weighted by atomic mass is 10.2. The molecule has 4 heteroatoms. The summed E-state index contributed by atoms with van der Waals surface area (Å²) in [5, 5.41) is 3.93. The summed E-state index contributed by atoms with van der Waals surface area (Å²) < 4.78 is 11.6. The SMILES string of the molecule is Clc1ccccc1C1OC2CNCC2O1. The quantitative estimate of drug-likeness (QED) is 0.790.